The average molecular weight is 533 g/mol. The fourth-order valence-electron chi connectivity index (χ4n) is 5.24. The normalized spacial score (nSPS) is 17.8. The molecular formula is C31H33ClN2O4. The zero-order chi connectivity index (χ0) is 26.8. The molecule has 7 heteroatoms. The second-order valence-electron chi connectivity index (χ2n) is 9.98. The van der Waals surface area contributed by atoms with E-state index in [9.17, 15) is 9.59 Å². The van der Waals surface area contributed by atoms with E-state index in [1.54, 1.807) is 7.11 Å². The van der Waals surface area contributed by atoms with Crippen molar-refractivity contribution >= 4 is 29.1 Å². The van der Waals surface area contributed by atoms with Gasteiger partial charge in [0.15, 0.2) is 11.5 Å². The van der Waals surface area contributed by atoms with E-state index < -0.39 is 6.04 Å². The van der Waals surface area contributed by atoms with E-state index in [-0.39, 0.29) is 24.3 Å². The molecule has 5 rings (SSSR count). The number of fused-ring (bicyclic) bond motifs is 1. The number of rotatable bonds is 7. The number of carbonyl (C=O) groups excluding carboxylic acids is 2. The van der Waals surface area contributed by atoms with Crippen LogP contribution in [-0.2, 0) is 11.2 Å². The zero-order valence-corrected chi connectivity index (χ0v) is 22.8. The fraction of sp³-hybridized carbons (Fsp3) is 0.355. The fourth-order valence-corrected chi connectivity index (χ4v) is 5.37. The van der Waals surface area contributed by atoms with Gasteiger partial charge in [-0.3, -0.25) is 9.59 Å². The van der Waals surface area contributed by atoms with Crippen molar-refractivity contribution in [1.82, 2.24) is 4.90 Å². The van der Waals surface area contributed by atoms with Gasteiger partial charge in [0, 0.05) is 29.4 Å². The van der Waals surface area contributed by atoms with Crippen LogP contribution in [0.2, 0.25) is 5.02 Å². The Labute approximate surface area is 229 Å². The van der Waals surface area contributed by atoms with Crippen LogP contribution in [0.1, 0.15) is 66.2 Å². The molecular weight excluding hydrogens is 500 g/mol. The van der Waals surface area contributed by atoms with Gasteiger partial charge in [-0.2, -0.15) is 0 Å². The standard InChI is InChI=1S/C31H33ClN2O4/c1-4-20(2)38-28-19-26-23(17-27(28)37-3)18-29(35)34(30(26)21-7-11-24(32)12-8-21)25-13-9-22(10-14-25)31(36)33-15-5-6-16-33/h7-14,17,19-20,30H,4-6,15-16,18H2,1-3H3. The van der Waals surface area contributed by atoms with Crippen molar-refractivity contribution in [2.24, 2.45) is 0 Å². The maximum Gasteiger partial charge on any atom is 0.253 e. The van der Waals surface area contributed by atoms with Crippen molar-refractivity contribution < 1.29 is 19.1 Å². The monoisotopic (exact) mass is 532 g/mol. The minimum absolute atomic E-state index is 0.0120. The van der Waals surface area contributed by atoms with E-state index in [0.29, 0.717) is 22.1 Å². The van der Waals surface area contributed by atoms with Gasteiger partial charge < -0.3 is 19.3 Å². The van der Waals surface area contributed by atoms with Crippen LogP contribution in [0.4, 0.5) is 5.69 Å². The van der Waals surface area contributed by atoms with E-state index in [1.807, 2.05) is 77.4 Å². The van der Waals surface area contributed by atoms with Crippen molar-refractivity contribution in [2.45, 2.75) is 51.7 Å². The summed E-state index contributed by atoms with van der Waals surface area (Å²) < 4.78 is 11.9. The lowest BCUT2D eigenvalue weighted by Crippen LogP contribution is -2.41. The number of halogens is 1. The highest BCUT2D eigenvalue weighted by Gasteiger charge is 2.36. The molecule has 6 nitrogen and oxygen atoms in total. The topological polar surface area (TPSA) is 59.1 Å². The van der Waals surface area contributed by atoms with E-state index >= 15 is 0 Å². The summed E-state index contributed by atoms with van der Waals surface area (Å²) >= 11 is 6.22. The van der Waals surface area contributed by atoms with Crippen LogP contribution in [-0.4, -0.2) is 43.0 Å². The Hall–Kier alpha value is -3.51. The van der Waals surface area contributed by atoms with Gasteiger partial charge in [0.2, 0.25) is 5.91 Å². The summed E-state index contributed by atoms with van der Waals surface area (Å²) in [6.07, 6.45) is 3.18. The maximum atomic E-state index is 13.7. The van der Waals surface area contributed by atoms with Crippen LogP contribution in [0.15, 0.2) is 60.7 Å². The van der Waals surface area contributed by atoms with Crippen molar-refractivity contribution in [3.8, 4) is 11.5 Å². The Bertz CT molecular complexity index is 1320. The molecule has 2 aliphatic rings. The third-order valence-electron chi connectivity index (χ3n) is 7.46. The van der Waals surface area contributed by atoms with Crippen LogP contribution < -0.4 is 14.4 Å². The molecule has 0 saturated carbocycles. The average Bonchev–Trinajstić information content (AvgIpc) is 3.47. The lowest BCUT2D eigenvalue weighted by atomic mass is 9.86. The van der Waals surface area contributed by atoms with Crippen molar-refractivity contribution in [3.05, 3.63) is 87.9 Å². The number of carbonyl (C=O) groups is 2. The first kappa shape index (κ1) is 26.1. The van der Waals surface area contributed by atoms with Gasteiger partial charge in [-0.15, -0.1) is 0 Å². The molecule has 198 valence electrons. The first-order valence-electron chi connectivity index (χ1n) is 13.2. The number of ether oxygens (including phenoxy) is 2. The van der Waals surface area contributed by atoms with E-state index in [4.69, 9.17) is 21.1 Å². The number of benzene rings is 3. The molecule has 38 heavy (non-hydrogen) atoms. The van der Waals surface area contributed by atoms with Crippen molar-refractivity contribution in [3.63, 3.8) is 0 Å². The Morgan fingerprint density at radius 1 is 1.03 bits per heavy atom. The lowest BCUT2D eigenvalue weighted by molar-refractivity contribution is -0.118. The van der Waals surface area contributed by atoms with Gasteiger partial charge in [0.05, 0.1) is 25.7 Å². The predicted octanol–water partition coefficient (Wildman–Crippen LogP) is 6.44. The molecule has 2 atom stereocenters. The molecule has 2 heterocycles. The van der Waals surface area contributed by atoms with Gasteiger partial charge in [-0.25, -0.2) is 0 Å². The maximum absolute atomic E-state index is 13.7. The van der Waals surface area contributed by atoms with Crippen LogP contribution in [0.3, 0.4) is 0 Å². The van der Waals surface area contributed by atoms with Crippen LogP contribution >= 0.6 is 11.6 Å². The first-order chi connectivity index (χ1) is 18.4. The summed E-state index contributed by atoms with van der Waals surface area (Å²) in [5.41, 5.74) is 4.18. The molecule has 0 aliphatic carbocycles. The number of hydrogen-bond acceptors (Lipinski definition) is 4. The molecule has 1 fully saturated rings. The molecule has 0 aromatic heterocycles. The minimum atomic E-state index is -0.395. The van der Waals surface area contributed by atoms with Crippen LogP contribution in [0.5, 0.6) is 11.5 Å². The van der Waals surface area contributed by atoms with Gasteiger partial charge in [-0.1, -0.05) is 30.7 Å². The Kier molecular flexibility index (Phi) is 7.61. The molecule has 2 aliphatic heterocycles. The molecule has 2 unspecified atom stereocenters. The summed E-state index contributed by atoms with van der Waals surface area (Å²) in [7, 11) is 1.61. The van der Waals surface area contributed by atoms with Crippen molar-refractivity contribution in [2.75, 3.05) is 25.1 Å². The van der Waals surface area contributed by atoms with Gasteiger partial charge >= 0.3 is 0 Å². The SMILES string of the molecule is CCC(C)Oc1cc2c(cc1OC)CC(=O)N(c1ccc(C(=O)N3CCCC3)cc1)C2c1ccc(Cl)cc1. The van der Waals surface area contributed by atoms with E-state index in [0.717, 1.165) is 54.7 Å². The zero-order valence-electron chi connectivity index (χ0n) is 22.1. The summed E-state index contributed by atoms with van der Waals surface area (Å²) in [6.45, 7) is 5.69. The second kappa shape index (κ2) is 11.1. The minimum Gasteiger partial charge on any atom is -0.493 e. The first-order valence-corrected chi connectivity index (χ1v) is 13.6. The smallest absolute Gasteiger partial charge is 0.253 e. The molecule has 0 bridgehead atoms. The predicted molar refractivity (Wildman–Crippen MR) is 149 cm³/mol. The highest BCUT2D eigenvalue weighted by atomic mass is 35.5. The number of methoxy groups -OCH3 is 1. The van der Waals surface area contributed by atoms with Gasteiger partial charge in [0.25, 0.3) is 5.91 Å². The summed E-state index contributed by atoms with van der Waals surface area (Å²) in [6, 6.07) is 18.5. The molecule has 3 aromatic carbocycles. The third kappa shape index (κ3) is 5.10. The summed E-state index contributed by atoms with van der Waals surface area (Å²) in [4.78, 5) is 30.3. The summed E-state index contributed by atoms with van der Waals surface area (Å²) in [5.74, 6) is 1.27. The Morgan fingerprint density at radius 2 is 1.71 bits per heavy atom. The number of likely N-dealkylation sites (tertiary alicyclic amines) is 1. The van der Waals surface area contributed by atoms with Gasteiger partial charge in [0.1, 0.15) is 0 Å². The lowest BCUT2D eigenvalue weighted by Gasteiger charge is -2.38. The van der Waals surface area contributed by atoms with Crippen LogP contribution in [0.25, 0.3) is 0 Å². The number of nitrogens with zero attached hydrogens (tertiary/aromatic N) is 2. The molecule has 2 amide bonds. The quantitative estimate of drug-likeness (QED) is 0.351. The third-order valence-corrected chi connectivity index (χ3v) is 7.72. The molecule has 0 radical (unpaired) electrons. The Morgan fingerprint density at radius 3 is 2.34 bits per heavy atom. The molecule has 3 aromatic rings. The molecule has 1 saturated heterocycles. The van der Waals surface area contributed by atoms with E-state index in [2.05, 4.69) is 6.92 Å². The largest absolute Gasteiger partial charge is 0.493 e. The van der Waals surface area contributed by atoms with Crippen LogP contribution in [0, 0.1) is 0 Å². The van der Waals surface area contributed by atoms with Gasteiger partial charge in [-0.05, 0) is 91.4 Å². The highest BCUT2D eigenvalue weighted by molar-refractivity contribution is 6.30. The molecule has 0 N–H and O–H groups in total. The van der Waals surface area contributed by atoms with E-state index in [1.165, 1.54) is 0 Å². The summed E-state index contributed by atoms with van der Waals surface area (Å²) in [5, 5.41) is 0.628. The number of hydrogen-bond donors (Lipinski definition) is 0. The molecule has 0 spiro atoms. The Balaban J connectivity index is 1.58. The highest BCUT2D eigenvalue weighted by Crippen LogP contribution is 2.44. The second-order valence-corrected chi connectivity index (χ2v) is 10.4. The number of amides is 2. The number of anilines is 1. The van der Waals surface area contributed by atoms with Crippen molar-refractivity contribution in [1.29, 1.82) is 0 Å².